The van der Waals surface area contributed by atoms with Gasteiger partial charge in [-0.05, 0) is 54.1 Å². The maximum Gasteiger partial charge on any atom is 0.266 e. The van der Waals surface area contributed by atoms with Crippen LogP contribution >= 0.6 is 11.6 Å². The average Bonchev–Trinajstić information content (AvgIpc) is 2.75. The molecule has 0 spiro atoms. The second kappa shape index (κ2) is 9.96. The lowest BCUT2D eigenvalue weighted by molar-refractivity contribution is -0.112. The molecule has 0 fully saturated rings. The van der Waals surface area contributed by atoms with Crippen molar-refractivity contribution >= 4 is 40.0 Å². The topological polar surface area (TPSA) is 62.1 Å². The van der Waals surface area contributed by atoms with E-state index in [0.29, 0.717) is 17.3 Å². The molecule has 3 rings (SSSR count). The van der Waals surface area contributed by atoms with Crippen LogP contribution in [0.4, 0.5) is 5.69 Å². The SMILES string of the molecule is CCCCOc1ccc(/C=C(\C#N)C(=O)Nc2cc(Cl)ccc2C)c2ccccc12. The Morgan fingerprint density at radius 2 is 1.93 bits per heavy atom. The maximum absolute atomic E-state index is 12.7. The van der Waals surface area contributed by atoms with Gasteiger partial charge in [-0.2, -0.15) is 5.26 Å². The fraction of sp³-hybridized carbons (Fsp3) is 0.200. The standard InChI is InChI=1S/C25H23ClN2O2/c1-3-4-13-30-24-12-10-18(21-7-5-6-8-22(21)24)14-19(16-27)25(29)28-23-15-20(26)11-9-17(23)2/h5-12,14-15H,3-4,13H2,1-2H3,(H,28,29)/b19-14+. The highest BCUT2D eigenvalue weighted by molar-refractivity contribution is 6.31. The first-order valence-corrected chi connectivity index (χ1v) is 10.2. The molecule has 4 nitrogen and oxygen atoms in total. The highest BCUT2D eigenvalue weighted by Crippen LogP contribution is 2.30. The van der Waals surface area contributed by atoms with E-state index < -0.39 is 5.91 Å². The number of anilines is 1. The largest absolute Gasteiger partial charge is 0.493 e. The minimum atomic E-state index is -0.477. The normalized spacial score (nSPS) is 11.2. The van der Waals surface area contributed by atoms with Gasteiger partial charge in [-0.1, -0.05) is 61.3 Å². The zero-order chi connectivity index (χ0) is 21.5. The molecule has 0 bridgehead atoms. The number of nitrogens with zero attached hydrogens (tertiary/aromatic N) is 1. The van der Waals surface area contributed by atoms with Crippen LogP contribution in [-0.2, 0) is 4.79 Å². The second-order valence-electron chi connectivity index (χ2n) is 6.98. The van der Waals surface area contributed by atoms with Crippen molar-refractivity contribution in [2.75, 3.05) is 11.9 Å². The van der Waals surface area contributed by atoms with Crippen molar-refractivity contribution in [2.24, 2.45) is 0 Å². The van der Waals surface area contributed by atoms with Crippen LogP contribution in [0, 0.1) is 18.3 Å². The van der Waals surface area contributed by atoms with Crippen molar-refractivity contribution in [3.8, 4) is 11.8 Å². The number of unbranched alkanes of at least 4 members (excludes halogenated alkanes) is 1. The number of amides is 1. The highest BCUT2D eigenvalue weighted by atomic mass is 35.5. The minimum absolute atomic E-state index is 0.0131. The van der Waals surface area contributed by atoms with E-state index in [1.165, 1.54) is 0 Å². The van der Waals surface area contributed by atoms with Gasteiger partial charge < -0.3 is 10.1 Å². The maximum atomic E-state index is 12.7. The molecule has 0 radical (unpaired) electrons. The fourth-order valence-corrected chi connectivity index (χ4v) is 3.27. The molecule has 0 saturated carbocycles. The number of carbonyl (C=O) groups is 1. The van der Waals surface area contributed by atoms with E-state index in [9.17, 15) is 10.1 Å². The predicted octanol–water partition coefficient (Wildman–Crippen LogP) is 6.53. The van der Waals surface area contributed by atoms with E-state index in [-0.39, 0.29) is 5.57 Å². The van der Waals surface area contributed by atoms with Crippen LogP contribution in [-0.4, -0.2) is 12.5 Å². The molecule has 0 aliphatic rings. The quantitative estimate of drug-likeness (QED) is 0.269. The molecule has 0 aliphatic heterocycles. The van der Waals surface area contributed by atoms with Crippen LogP contribution in [0.25, 0.3) is 16.8 Å². The third-order valence-corrected chi connectivity index (χ3v) is 5.02. The number of ether oxygens (including phenoxy) is 1. The van der Waals surface area contributed by atoms with Crippen LogP contribution in [0.2, 0.25) is 5.02 Å². The summed E-state index contributed by atoms with van der Waals surface area (Å²) in [6.45, 7) is 4.64. The molecule has 3 aromatic carbocycles. The van der Waals surface area contributed by atoms with Crippen LogP contribution in [0.15, 0.2) is 60.2 Å². The Bertz CT molecular complexity index is 1150. The van der Waals surface area contributed by atoms with Gasteiger partial charge in [0.25, 0.3) is 5.91 Å². The van der Waals surface area contributed by atoms with Crippen molar-refractivity contribution in [1.82, 2.24) is 0 Å². The summed E-state index contributed by atoms with van der Waals surface area (Å²) in [7, 11) is 0. The molecule has 0 aliphatic carbocycles. The number of fused-ring (bicyclic) bond motifs is 1. The van der Waals surface area contributed by atoms with E-state index in [0.717, 1.165) is 40.5 Å². The number of benzene rings is 3. The van der Waals surface area contributed by atoms with E-state index in [2.05, 4.69) is 12.2 Å². The molecule has 5 heteroatoms. The number of rotatable bonds is 7. The minimum Gasteiger partial charge on any atom is -0.493 e. The van der Waals surface area contributed by atoms with E-state index in [4.69, 9.17) is 16.3 Å². The van der Waals surface area contributed by atoms with Gasteiger partial charge in [0, 0.05) is 16.1 Å². The van der Waals surface area contributed by atoms with Crippen molar-refractivity contribution in [3.63, 3.8) is 0 Å². The molecule has 3 aromatic rings. The Labute approximate surface area is 181 Å². The van der Waals surface area contributed by atoms with Gasteiger partial charge in [-0.15, -0.1) is 0 Å². The zero-order valence-corrected chi connectivity index (χ0v) is 17.8. The van der Waals surface area contributed by atoms with Crippen LogP contribution in [0.5, 0.6) is 5.75 Å². The van der Waals surface area contributed by atoms with Gasteiger partial charge in [0.05, 0.1) is 6.61 Å². The van der Waals surface area contributed by atoms with Gasteiger partial charge in [0.2, 0.25) is 0 Å². The Morgan fingerprint density at radius 1 is 1.17 bits per heavy atom. The summed E-state index contributed by atoms with van der Waals surface area (Å²) in [5.74, 6) is 0.323. The van der Waals surface area contributed by atoms with Gasteiger partial charge in [0.15, 0.2) is 0 Å². The number of aryl methyl sites for hydroxylation is 1. The number of hydrogen-bond donors (Lipinski definition) is 1. The monoisotopic (exact) mass is 418 g/mol. The summed E-state index contributed by atoms with van der Waals surface area (Å²) in [5, 5.41) is 14.8. The molecule has 0 heterocycles. The second-order valence-corrected chi connectivity index (χ2v) is 7.42. The molecule has 0 aromatic heterocycles. The summed E-state index contributed by atoms with van der Waals surface area (Å²) < 4.78 is 5.92. The smallest absolute Gasteiger partial charge is 0.266 e. The van der Waals surface area contributed by atoms with Crippen molar-refractivity contribution in [3.05, 3.63) is 76.3 Å². The lowest BCUT2D eigenvalue weighted by Gasteiger charge is -2.12. The first kappa shape index (κ1) is 21.4. The van der Waals surface area contributed by atoms with E-state index in [1.807, 2.05) is 55.5 Å². The lowest BCUT2D eigenvalue weighted by Crippen LogP contribution is -2.14. The van der Waals surface area contributed by atoms with Gasteiger partial charge in [-0.3, -0.25) is 4.79 Å². The third kappa shape index (κ3) is 5.00. The van der Waals surface area contributed by atoms with Crippen molar-refractivity contribution < 1.29 is 9.53 Å². The first-order chi connectivity index (χ1) is 14.5. The van der Waals surface area contributed by atoms with Gasteiger partial charge in [0.1, 0.15) is 17.4 Å². The number of carbonyl (C=O) groups excluding carboxylic acids is 1. The highest BCUT2D eigenvalue weighted by Gasteiger charge is 2.13. The molecule has 1 N–H and O–H groups in total. The number of halogens is 1. The average molecular weight is 419 g/mol. The van der Waals surface area contributed by atoms with Gasteiger partial charge in [-0.25, -0.2) is 0 Å². The summed E-state index contributed by atoms with van der Waals surface area (Å²) in [6.07, 6.45) is 3.65. The molecular formula is C25H23ClN2O2. The fourth-order valence-electron chi connectivity index (χ4n) is 3.10. The number of nitriles is 1. The van der Waals surface area contributed by atoms with E-state index in [1.54, 1.807) is 18.2 Å². The summed E-state index contributed by atoms with van der Waals surface area (Å²) >= 11 is 6.03. The molecule has 30 heavy (non-hydrogen) atoms. The molecule has 152 valence electrons. The number of hydrogen-bond acceptors (Lipinski definition) is 3. The molecule has 0 unspecified atom stereocenters. The Balaban J connectivity index is 1.94. The summed E-state index contributed by atoms with van der Waals surface area (Å²) in [5.41, 5.74) is 2.24. The Hall–Kier alpha value is -3.29. The molecule has 0 saturated heterocycles. The van der Waals surface area contributed by atoms with Crippen LogP contribution in [0.1, 0.15) is 30.9 Å². The zero-order valence-electron chi connectivity index (χ0n) is 17.0. The Kier molecular flexibility index (Phi) is 7.11. The summed E-state index contributed by atoms with van der Waals surface area (Å²) in [6, 6.07) is 18.8. The van der Waals surface area contributed by atoms with Crippen molar-refractivity contribution in [1.29, 1.82) is 5.26 Å². The van der Waals surface area contributed by atoms with Crippen LogP contribution < -0.4 is 10.1 Å². The predicted molar refractivity (Wildman–Crippen MR) is 123 cm³/mol. The lowest BCUT2D eigenvalue weighted by atomic mass is 10.0. The first-order valence-electron chi connectivity index (χ1n) is 9.87. The van der Waals surface area contributed by atoms with E-state index >= 15 is 0 Å². The van der Waals surface area contributed by atoms with Crippen LogP contribution in [0.3, 0.4) is 0 Å². The molecular weight excluding hydrogens is 396 g/mol. The van der Waals surface area contributed by atoms with Gasteiger partial charge >= 0.3 is 0 Å². The third-order valence-electron chi connectivity index (χ3n) is 4.79. The summed E-state index contributed by atoms with van der Waals surface area (Å²) in [4.78, 5) is 12.7. The van der Waals surface area contributed by atoms with Crippen molar-refractivity contribution in [2.45, 2.75) is 26.7 Å². The molecule has 1 amide bonds. The molecule has 0 atom stereocenters. The Morgan fingerprint density at radius 3 is 2.67 bits per heavy atom. The number of nitrogens with one attached hydrogen (secondary N) is 1.